The number of hydrogen-bond donors (Lipinski definition) is 1. The number of anilines is 1. The third-order valence-corrected chi connectivity index (χ3v) is 2.37. The van der Waals surface area contributed by atoms with E-state index in [-0.39, 0.29) is 29.9 Å². The van der Waals surface area contributed by atoms with Crippen LogP contribution in [-0.2, 0) is 4.79 Å². The largest absolute Gasteiger partial charge is 0.326 e. The van der Waals surface area contributed by atoms with Gasteiger partial charge < -0.3 is 5.73 Å². The Morgan fingerprint density at radius 2 is 2.38 bits per heavy atom. The summed E-state index contributed by atoms with van der Waals surface area (Å²) in [6.45, 7) is 0.354. The highest BCUT2D eigenvalue weighted by Gasteiger charge is 2.29. The van der Waals surface area contributed by atoms with E-state index in [0.717, 1.165) is 0 Å². The Hall–Kier alpha value is -2.02. The molecule has 2 rings (SSSR count). The van der Waals surface area contributed by atoms with Gasteiger partial charge in [-0.05, 0) is 0 Å². The van der Waals surface area contributed by atoms with Crippen molar-refractivity contribution in [2.75, 3.05) is 11.4 Å². The number of hydrogen-bond acceptors (Lipinski definition) is 5. The number of carbonyl (C=O) groups is 1. The number of nitrogens with zero attached hydrogens (tertiary/aromatic N) is 3. The topological polar surface area (TPSA) is 102 Å². The van der Waals surface area contributed by atoms with Crippen molar-refractivity contribution < 1.29 is 9.72 Å². The van der Waals surface area contributed by atoms with Gasteiger partial charge in [-0.25, -0.2) is 4.98 Å². The van der Waals surface area contributed by atoms with Crippen LogP contribution in [-0.4, -0.2) is 28.4 Å². The van der Waals surface area contributed by atoms with Crippen molar-refractivity contribution in [1.29, 1.82) is 0 Å². The van der Waals surface area contributed by atoms with Crippen LogP contribution in [0.3, 0.4) is 0 Å². The molecule has 7 nitrogen and oxygen atoms in total. The maximum Gasteiger partial charge on any atom is 0.274 e. The van der Waals surface area contributed by atoms with Gasteiger partial charge in [-0.3, -0.25) is 19.8 Å². The zero-order valence-corrected chi connectivity index (χ0v) is 8.37. The van der Waals surface area contributed by atoms with Crippen LogP contribution in [0, 0.1) is 10.1 Å². The standard InChI is InChI=1S/C9H10N4O3/c10-6-3-9(14)12(5-6)8-4-7(13(15)16)1-2-11-8/h1-2,4,6H,3,5,10H2. The lowest BCUT2D eigenvalue weighted by molar-refractivity contribution is -0.384. The molecule has 0 spiro atoms. The van der Waals surface area contributed by atoms with Crippen LogP contribution in [0.1, 0.15) is 6.42 Å². The van der Waals surface area contributed by atoms with E-state index in [1.54, 1.807) is 0 Å². The van der Waals surface area contributed by atoms with Gasteiger partial charge >= 0.3 is 0 Å². The molecule has 0 aliphatic carbocycles. The maximum absolute atomic E-state index is 11.5. The molecule has 1 aromatic heterocycles. The number of rotatable bonds is 2. The molecule has 0 aromatic carbocycles. The average molecular weight is 222 g/mol. The van der Waals surface area contributed by atoms with Crippen molar-refractivity contribution in [1.82, 2.24) is 4.98 Å². The predicted molar refractivity (Wildman–Crippen MR) is 55.8 cm³/mol. The number of carbonyl (C=O) groups excluding carboxylic acids is 1. The minimum atomic E-state index is -0.522. The second-order valence-corrected chi connectivity index (χ2v) is 3.60. The fourth-order valence-electron chi connectivity index (χ4n) is 1.63. The molecular weight excluding hydrogens is 212 g/mol. The van der Waals surface area contributed by atoms with Crippen LogP contribution in [0.4, 0.5) is 11.5 Å². The quantitative estimate of drug-likeness (QED) is 0.562. The summed E-state index contributed by atoms with van der Waals surface area (Å²) in [5.41, 5.74) is 5.54. The van der Waals surface area contributed by atoms with Crippen LogP contribution in [0.2, 0.25) is 0 Å². The van der Waals surface area contributed by atoms with Gasteiger partial charge in [0, 0.05) is 31.3 Å². The summed E-state index contributed by atoms with van der Waals surface area (Å²) in [5, 5.41) is 10.6. The molecule has 0 radical (unpaired) electrons. The fraction of sp³-hybridized carbons (Fsp3) is 0.333. The molecule has 1 atom stereocenters. The summed E-state index contributed by atoms with van der Waals surface area (Å²) < 4.78 is 0. The van der Waals surface area contributed by atoms with E-state index in [1.165, 1.54) is 23.2 Å². The summed E-state index contributed by atoms with van der Waals surface area (Å²) in [6.07, 6.45) is 1.56. The van der Waals surface area contributed by atoms with Crippen molar-refractivity contribution in [3.8, 4) is 0 Å². The molecule has 84 valence electrons. The van der Waals surface area contributed by atoms with E-state index in [2.05, 4.69) is 4.98 Å². The highest BCUT2D eigenvalue weighted by molar-refractivity contribution is 5.95. The summed E-state index contributed by atoms with van der Waals surface area (Å²) in [5.74, 6) is 0.132. The molecular formula is C9H10N4O3. The van der Waals surface area contributed by atoms with Crippen molar-refractivity contribution in [2.24, 2.45) is 5.73 Å². The van der Waals surface area contributed by atoms with Crippen LogP contribution in [0.25, 0.3) is 0 Å². The highest BCUT2D eigenvalue weighted by Crippen LogP contribution is 2.22. The number of aromatic nitrogens is 1. The Kier molecular flexibility index (Phi) is 2.53. The first-order valence-electron chi connectivity index (χ1n) is 4.74. The van der Waals surface area contributed by atoms with Gasteiger partial charge in [0.15, 0.2) is 0 Å². The number of pyridine rings is 1. The predicted octanol–water partition coefficient (Wildman–Crippen LogP) is 0.0538. The third-order valence-electron chi connectivity index (χ3n) is 2.37. The molecule has 1 fully saturated rings. The monoisotopic (exact) mass is 222 g/mol. The second-order valence-electron chi connectivity index (χ2n) is 3.60. The Balaban J connectivity index is 2.30. The summed E-state index contributed by atoms with van der Waals surface area (Å²) in [4.78, 5) is 26.9. The zero-order valence-electron chi connectivity index (χ0n) is 8.37. The van der Waals surface area contributed by atoms with Gasteiger partial charge in [0.05, 0.1) is 11.0 Å². The lowest BCUT2D eigenvalue weighted by Gasteiger charge is -2.13. The first-order valence-corrected chi connectivity index (χ1v) is 4.74. The molecule has 1 aromatic rings. The van der Waals surface area contributed by atoms with Crippen molar-refractivity contribution >= 4 is 17.4 Å². The molecule has 2 N–H and O–H groups in total. The van der Waals surface area contributed by atoms with Gasteiger partial charge in [0.25, 0.3) is 5.69 Å². The van der Waals surface area contributed by atoms with Gasteiger partial charge in [0.2, 0.25) is 5.91 Å². The summed E-state index contributed by atoms with van der Waals surface area (Å²) >= 11 is 0. The Labute approximate surface area is 91.0 Å². The fourth-order valence-corrected chi connectivity index (χ4v) is 1.63. The van der Waals surface area contributed by atoms with E-state index < -0.39 is 4.92 Å². The van der Waals surface area contributed by atoms with E-state index >= 15 is 0 Å². The van der Waals surface area contributed by atoms with Gasteiger partial charge in [-0.1, -0.05) is 0 Å². The van der Waals surface area contributed by atoms with E-state index in [0.29, 0.717) is 6.54 Å². The Bertz CT molecular complexity index is 448. The molecule has 16 heavy (non-hydrogen) atoms. The average Bonchev–Trinajstić information content (AvgIpc) is 2.58. The molecule has 1 unspecified atom stereocenters. The number of nitro groups is 1. The minimum Gasteiger partial charge on any atom is -0.326 e. The van der Waals surface area contributed by atoms with E-state index in [1.807, 2.05) is 0 Å². The van der Waals surface area contributed by atoms with Crippen molar-refractivity contribution in [3.05, 3.63) is 28.4 Å². The lowest BCUT2D eigenvalue weighted by atomic mass is 10.3. The van der Waals surface area contributed by atoms with Crippen LogP contribution >= 0.6 is 0 Å². The minimum absolute atomic E-state index is 0.0849. The van der Waals surface area contributed by atoms with Crippen molar-refractivity contribution in [3.63, 3.8) is 0 Å². The number of nitrogens with two attached hydrogens (primary N) is 1. The SMILES string of the molecule is NC1CC(=O)N(c2cc([N+](=O)[O-])ccn2)C1. The molecule has 1 amide bonds. The molecule has 2 heterocycles. The smallest absolute Gasteiger partial charge is 0.274 e. The third kappa shape index (κ3) is 1.84. The molecule has 1 saturated heterocycles. The number of amides is 1. The molecule has 7 heteroatoms. The lowest BCUT2D eigenvalue weighted by Crippen LogP contribution is -2.28. The Morgan fingerprint density at radius 1 is 1.62 bits per heavy atom. The van der Waals surface area contributed by atoms with Crippen molar-refractivity contribution in [2.45, 2.75) is 12.5 Å². The molecule has 0 bridgehead atoms. The van der Waals surface area contributed by atoms with E-state index in [9.17, 15) is 14.9 Å². The van der Waals surface area contributed by atoms with E-state index in [4.69, 9.17) is 5.73 Å². The zero-order chi connectivity index (χ0) is 11.7. The van der Waals surface area contributed by atoms with Crippen LogP contribution in [0.5, 0.6) is 0 Å². The Morgan fingerprint density at radius 3 is 2.94 bits per heavy atom. The molecule has 1 aliphatic rings. The highest BCUT2D eigenvalue weighted by atomic mass is 16.6. The maximum atomic E-state index is 11.5. The van der Waals surface area contributed by atoms with Gasteiger partial charge in [0.1, 0.15) is 5.82 Å². The normalized spacial score (nSPS) is 20.2. The first-order chi connectivity index (χ1) is 7.58. The summed E-state index contributed by atoms with van der Waals surface area (Å²) in [7, 11) is 0. The van der Waals surface area contributed by atoms with Crippen LogP contribution < -0.4 is 10.6 Å². The van der Waals surface area contributed by atoms with Crippen LogP contribution in [0.15, 0.2) is 18.3 Å². The van der Waals surface area contributed by atoms with Gasteiger partial charge in [-0.15, -0.1) is 0 Å². The van der Waals surface area contributed by atoms with Gasteiger partial charge in [-0.2, -0.15) is 0 Å². The summed E-state index contributed by atoms with van der Waals surface area (Å²) in [6, 6.07) is 2.33. The first kappa shape index (κ1) is 10.5. The second kappa shape index (κ2) is 3.86. The molecule has 0 saturated carbocycles. The molecule has 1 aliphatic heterocycles.